The van der Waals surface area contributed by atoms with Crippen molar-refractivity contribution in [2.45, 2.75) is 19.8 Å². The van der Waals surface area contributed by atoms with E-state index in [9.17, 15) is 0 Å². The van der Waals surface area contributed by atoms with Gasteiger partial charge in [0.05, 0.1) is 5.56 Å². The van der Waals surface area contributed by atoms with Crippen LogP contribution in [-0.2, 0) is 0 Å². The van der Waals surface area contributed by atoms with Crippen LogP contribution in [0.2, 0.25) is 0 Å². The summed E-state index contributed by atoms with van der Waals surface area (Å²) in [5, 5.41) is 3.90. The Bertz CT molecular complexity index is 480. The number of nitrogens with two attached hydrogens (primary N) is 1. The van der Waals surface area contributed by atoms with Gasteiger partial charge in [-0.05, 0) is 18.6 Å². The Morgan fingerprint density at radius 1 is 1.44 bits per heavy atom. The van der Waals surface area contributed by atoms with Gasteiger partial charge in [0, 0.05) is 24.9 Å². The zero-order valence-electron chi connectivity index (χ0n) is 9.34. The molecule has 2 N–H and O–H groups in total. The first kappa shape index (κ1) is 10.8. The van der Waals surface area contributed by atoms with Gasteiger partial charge in [-0.1, -0.05) is 12.1 Å². The molecule has 0 amide bonds. The molecule has 0 radical (unpaired) electrons. The molecule has 0 aliphatic carbocycles. The predicted octanol–water partition coefficient (Wildman–Crippen LogP) is 1.50. The van der Waals surface area contributed by atoms with Crippen molar-refractivity contribution in [3.8, 4) is 11.5 Å². The molecule has 2 aromatic rings. The van der Waals surface area contributed by atoms with Crippen molar-refractivity contribution >= 4 is 0 Å². The molecule has 0 aromatic carbocycles. The third-order valence-electron chi connectivity index (χ3n) is 2.36. The molecule has 0 bridgehead atoms. The summed E-state index contributed by atoms with van der Waals surface area (Å²) in [6.45, 7) is 4.43. The van der Waals surface area contributed by atoms with Gasteiger partial charge in [0.15, 0.2) is 5.82 Å². The van der Waals surface area contributed by atoms with Crippen molar-refractivity contribution in [2.75, 3.05) is 6.54 Å². The molecule has 5 heteroatoms. The minimum atomic E-state index is 0.107. The Morgan fingerprint density at radius 2 is 2.25 bits per heavy atom. The maximum atomic E-state index is 5.54. The summed E-state index contributed by atoms with van der Waals surface area (Å²) in [5.41, 5.74) is 7.44. The number of nitrogens with zero attached hydrogens (tertiary/aromatic N) is 3. The molecule has 2 rings (SSSR count). The molecule has 0 saturated carbocycles. The Labute approximate surface area is 93.7 Å². The quantitative estimate of drug-likeness (QED) is 0.844. The lowest BCUT2D eigenvalue weighted by Gasteiger charge is -1.99. The predicted molar refractivity (Wildman–Crippen MR) is 59.7 cm³/mol. The van der Waals surface area contributed by atoms with Crippen LogP contribution in [0.1, 0.15) is 24.2 Å². The highest BCUT2D eigenvalue weighted by Gasteiger charge is 2.13. The molecule has 2 heterocycles. The van der Waals surface area contributed by atoms with Crippen LogP contribution < -0.4 is 5.73 Å². The first-order valence-electron chi connectivity index (χ1n) is 5.16. The molecule has 1 atom stereocenters. The first-order chi connectivity index (χ1) is 7.70. The van der Waals surface area contributed by atoms with E-state index in [1.807, 2.05) is 19.9 Å². The van der Waals surface area contributed by atoms with E-state index in [0.29, 0.717) is 18.3 Å². The molecular formula is C11H14N4O. The molecule has 0 saturated heterocycles. The number of hydrogen-bond acceptors (Lipinski definition) is 5. The van der Waals surface area contributed by atoms with E-state index in [1.165, 1.54) is 0 Å². The number of aromatic nitrogens is 3. The summed E-state index contributed by atoms with van der Waals surface area (Å²) in [6.07, 6.45) is 3.49. The lowest BCUT2D eigenvalue weighted by atomic mass is 10.2. The van der Waals surface area contributed by atoms with E-state index in [4.69, 9.17) is 10.3 Å². The monoisotopic (exact) mass is 218 g/mol. The highest BCUT2D eigenvalue weighted by atomic mass is 16.5. The maximum Gasteiger partial charge on any atom is 0.259 e. The molecule has 0 aliphatic rings. The number of aryl methyl sites for hydroxylation is 1. The van der Waals surface area contributed by atoms with Crippen molar-refractivity contribution < 1.29 is 4.52 Å². The molecule has 84 valence electrons. The van der Waals surface area contributed by atoms with Gasteiger partial charge >= 0.3 is 0 Å². The second-order valence-corrected chi connectivity index (χ2v) is 3.85. The summed E-state index contributed by atoms with van der Waals surface area (Å²) in [6, 6.07) is 1.96. The van der Waals surface area contributed by atoms with Gasteiger partial charge < -0.3 is 10.3 Å². The average Bonchev–Trinajstić information content (AvgIpc) is 2.77. The van der Waals surface area contributed by atoms with Gasteiger partial charge in [-0.25, -0.2) is 0 Å². The van der Waals surface area contributed by atoms with Crippen molar-refractivity contribution in [1.82, 2.24) is 15.1 Å². The van der Waals surface area contributed by atoms with Gasteiger partial charge in [0.2, 0.25) is 0 Å². The van der Waals surface area contributed by atoms with E-state index in [-0.39, 0.29) is 5.92 Å². The Hall–Kier alpha value is -1.75. The SMILES string of the molecule is Cc1cncc(-c2nc(C(C)CN)no2)c1. The molecule has 0 fully saturated rings. The topological polar surface area (TPSA) is 77.8 Å². The van der Waals surface area contributed by atoms with Crippen LogP contribution in [0.5, 0.6) is 0 Å². The van der Waals surface area contributed by atoms with Crippen molar-refractivity contribution in [3.05, 3.63) is 29.8 Å². The fourth-order valence-electron chi connectivity index (χ4n) is 1.33. The third kappa shape index (κ3) is 2.09. The Kier molecular flexibility index (Phi) is 2.96. The Balaban J connectivity index is 2.31. The zero-order valence-corrected chi connectivity index (χ0v) is 9.34. The van der Waals surface area contributed by atoms with E-state index in [2.05, 4.69) is 15.1 Å². The van der Waals surface area contributed by atoms with E-state index in [1.54, 1.807) is 12.4 Å². The lowest BCUT2D eigenvalue weighted by molar-refractivity contribution is 0.418. The molecule has 0 aliphatic heterocycles. The molecule has 1 unspecified atom stereocenters. The summed E-state index contributed by atoms with van der Waals surface area (Å²) >= 11 is 0. The number of hydrogen-bond donors (Lipinski definition) is 1. The number of rotatable bonds is 3. The largest absolute Gasteiger partial charge is 0.334 e. The van der Waals surface area contributed by atoms with Crippen LogP contribution in [-0.4, -0.2) is 21.7 Å². The Morgan fingerprint density at radius 3 is 2.94 bits per heavy atom. The van der Waals surface area contributed by atoms with Crippen molar-refractivity contribution in [3.63, 3.8) is 0 Å². The van der Waals surface area contributed by atoms with Crippen LogP contribution in [0, 0.1) is 6.92 Å². The average molecular weight is 218 g/mol. The maximum absolute atomic E-state index is 5.54. The van der Waals surface area contributed by atoms with Crippen molar-refractivity contribution in [1.29, 1.82) is 0 Å². The smallest absolute Gasteiger partial charge is 0.259 e. The van der Waals surface area contributed by atoms with Gasteiger partial charge in [-0.15, -0.1) is 0 Å². The normalized spacial score (nSPS) is 12.7. The van der Waals surface area contributed by atoms with Gasteiger partial charge in [-0.3, -0.25) is 4.98 Å². The van der Waals surface area contributed by atoms with Crippen molar-refractivity contribution in [2.24, 2.45) is 5.73 Å². The van der Waals surface area contributed by atoms with E-state index in [0.717, 1.165) is 11.1 Å². The van der Waals surface area contributed by atoms with Crippen LogP contribution in [0.25, 0.3) is 11.5 Å². The van der Waals surface area contributed by atoms with Gasteiger partial charge in [-0.2, -0.15) is 4.98 Å². The summed E-state index contributed by atoms with van der Waals surface area (Å²) in [7, 11) is 0. The number of pyridine rings is 1. The highest BCUT2D eigenvalue weighted by molar-refractivity contribution is 5.51. The fraction of sp³-hybridized carbons (Fsp3) is 0.364. The third-order valence-corrected chi connectivity index (χ3v) is 2.36. The highest BCUT2D eigenvalue weighted by Crippen LogP contribution is 2.19. The van der Waals surface area contributed by atoms with Crippen LogP contribution in [0.3, 0.4) is 0 Å². The lowest BCUT2D eigenvalue weighted by Crippen LogP contribution is -2.10. The van der Waals surface area contributed by atoms with E-state index >= 15 is 0 Å². The zero-order chi connectivity index (χ0) is 11.5. The summed E-state index contributed by atoms with van der Waals surface area (Å²) in [5.74, 6) is 1.24. The fourth-order valence-corrected chi connectivity index (χ4v) is 1.33. The van der Waals surface area contributed by atoms with E-state index < -0.39 is 0 Å². The first-order valence-corrected chi connectivity index (χ1v) is 5.16. The summed E-state index contributed by atoms with van der Waals surface area (Å²) < 4.78 is 5.17. The van der Waals surface area contributed by atoms with Crippen LogP contribution in [0.15, 0.2) is 23.0 Å². The molecular weight excluding hydrogens is 204 g/mol. The minimum absolute atomic E-state index is 0.107. The van der Waals surface area contributed by atoms with Crippen LogP contribution in [0.4, 0.5) is 0 Å². The molecule has 2 aromatic heterocycles. The van der Waals surface area contributed by atoms with Gasteiger partial charge in [0.25, 0.3) is 5.89 Å². The summed E-state index contributed by atoms with van der Waals surface area (Å²) in [4.78, 5) is 8.38. The molecule has 16 heavy (non-hydrogen) atoms. The standard InChI is InChI=1S/C11H14N4O/c1-7-3-9(6-13-5-7)11-14-10(15-16-11)8(2)4-12/h3,5-6,8H,4,12H2,1-2H3. The minimum Gasteiger partial charge on any atom is -0.334 e. The van der Waals surface area contributed by atoms with Crippen LogP contribution >= 0.6 is 0 Å². The second kappa shape index (κ2) is 4.40. The van der Waals surface area contributed by atoms with Gasteiger partial charge in [0.1, 0.15) is 0 Å². The molecule has 5 nitrogen and oxygen atoms in total. The molecule has 0 spiro atoms. The second-order valence-electron chi connectivity index (χ2n) is 3.85.